The molecule has 0 aromatic carbocycles. The Balaban J connectivity index is 4.43. The Morgan fingerprint density at radius 1 is 0.633 bits per heavy atom. The number of phosphoric ester groups is 1. The molecule has 0 aromatic rings. The first kappa shape index (κ1) is 47.5. The summed E-state index contributed by atoms with van der Waals surface area (Å²) >= 11 is 0. The summed E-state index contributed by atoms with van der Waals surface area (Å²) in [5.41, 5.74) is 0. The summed E-state index contributed by atoms with van der Waals surface area (Å²) in [6, 6.07) is 0. The number of carbonyl (C=O) groups is 2. The molecular weight excluding hydrogens is 641 g/mol. The number of quaternary nitrogens is 1. The van der Waals surface area contributed by atoms with Gasteiger partial charge in [0, 0.05) is 12.8 Å². The Kier molecular flexibility index (Phi) is 31.4. The molecule has 0 aliphatic carbocycles. The second-order valence-corrected chi connectivity index (χ2v) is 15.7. The van der Waals surface area contributed by atoms with Crippen LogP contribution in [0.25, 0.3) is 0 Å². The number of carbonyl (C=O) groups excluding carboxylic acids is 2. The van der Waals surface area contributed by atoms with Gasteiger partial charge in [0.05, 0.1) is 27.7 Å². The molecule has 9 nitrogen and oxygen atoms in total. The molecule has 10 heteroatoms. The van der Waals surface area contributed by atoms with Crippen LogP contribution in [0.15, 0.2) is 24.3 Å². The number of nitrogens with zero attached hydrogens (tertiary/aromatic N) is 1. The fraction of sp³-hybridized carbons (Fsp3) is 0.846. The van der Waals surface area contributed by atoms with Crippen molar-refractivity contribution in [3.63, 3.8) is 0 Å². The lowest BCUT2D eigenvalue weighted by atomic mass is 10.1. The molecule has 288 valence electrons. The summed E-state index contributed by atoms with van der Waals surface area (Å²) in [7, 11) is 1.16. The molecule has 0 rings (SSSR count). The van der Waals surface area contributed by atoms with Gasteiger partial charge in [0.25, 0.3) is 7.82 Å². The molecule has 0 saturated heterocycles. The zero-order chi connectivity index (χ0) is 36.5. The smallest absolute Gasteiger partial charge is 0.306 e. The highest BCUT2D eigenvalue weighted by molar-refractivity contribution is 7.45. The van der Waals surface area contributed by atoms with Gasteiger partial charge in [-0.3, -0.25) is 14.2 Å². The van der Waals surface area contributed by atoms with E-state index in [-0.39, 0.29) is 26.1 Å². The molecule has 0 fully saturated rings. The van der Waals surface area contributed by atoms with Gasteiger partial charge >= 0.3 is 11.9 Å². The Morgan fingerprint density at radius 3 is 1.59 bits per heavy atom. The van der Waals surface area contributed by atoms with Crippen LogP contribution in [0.1, 0.15) is 162 Å². The third-order valence-corrected chi connectivity index (χ3v) is 9.22. The SMILES string of the molecule is CCCCCC/C=C/C=C/CCCCCCCC(=O)OC[C@@H](COP(=O)([O-])OCC[N+](C)(C)C)OC(=O)CCCCCCCCCCCC. The first-order valence-corrected chi connectivity index (χ1v) is 21.0. The molecule has 49 heavy (non-hydrogen) atoms. The van der Waals surface area contributed by atoms with E-state index in [1.807, 2.05) is 21.1 Å². The van der Waals surface area contributed by atoms with Crippen LogP contribution in [0.5, 0.6) is 0 Å². The number of hydrogen-bond acceptors (Lipinski definition) is 8. The second kappa shape index (κ2) is 32.4. The Bertz CT molecular complexity index is 902. The molecule has 0 aromatic heterocycles. The maximum absolute atomic E-state index is 12.6. The molecular formula is C39H74NO8P. The van der Waals surface area contributed by atoms with Crippen LogP contribution < -0.4 is 4.89 Å². The predicted octanol–water partition coefficient (Wildman–Crippen LogP) is 9.77. The van der Waals surface area contributed by atoms with Gasteiger partial charge in [0.1, 0.15) is 19.8 Å². The largest absolute Gasteiger partial charge is 0.756 e. The number of phosphoric acid groups is 1. The number of ether oxygens (including phenoxy) is 2. The molecule has 2 atom stereocenters. The van der Waals surface area contributed by atoms with Crippen LogP contribution in [-0.2, 0) is 32.7 Å². The van der Waals surface area contributed by atoms with E-state index in [0.29, 0.717) is 23.9 Å². The van der Waals surface area contributed by atoms with Gasteiger partial charge in [-0.2, -0.15) is 0 Å². The predicted molar refractivity (Wildman–Crippen MR) is 199 cm³/mol. The minimum atomic E-state index is -4.62. The summed E-state index contributed by atoms with van der Waals surface area (Å²) < 4.78 is 33.7. The third kappa shape index (κ3) is 36.1. The van der Waals surface area contributed by atoms with E-state index >= 15 is 0 Å². The average molecular weight is 716 g/mol. The summed E-state index contributed by atoms with van der Waals surface area (Å²) in [6.07, 6.45) is 32.0. The van der Waals surface area contributed by atoms with Crippen molar-refractivity contribution in [2.75, 3.05) is 47.5 Å². The van der Waals surface area contributed by atoms with Crippen molar-refractivity contribution in [1.29, 1.82) is 0 Å². The molecule has 0 amide bonds. The van der Waals surface area contributed by atoms with Crippen molar-refractivity contribution in [3.8, 4) is 0 Å². The van der Waals surface area contributed by atoms with Gasteiger partial charge in [-0.1, -0.05) is 134 Å². The standard InChI is InChI=1S/C39H74NO8P/c1-6-8-10-12-14-16-18-19-20-21-22-24-25-27-29-31-38(41)45-35-37(36-47-49(43,44)46-34-33-40(3,4)5)48-39(42)32-30-28-26-23-17-15-13-11-9-7-2/h16,18-20,37H,6-15,17,21-36H2,1-5H3/b18-16+,20-19+/t37-/m0/s1. The highest BCUT2D eigenvalue weighted by Gasteiger charge is 2.21. The van der Waals surface area contributed by atoms with Crippen LogP contribution in [0.4, 0.5) is 0 Å². The van der Waals surface area contributed by atoms with E-state index in [2.05, 4.69) is 38.2 Å². The zero-order valence-electron chi connectivity index (χ0n) is 32.1. The van der Waals surface area contributed by atoms with Crippen LogP contribution in [-0.4, -0.2) is 70.0 Å². The monoisotopic (exact) mass is 716 g/mol. The molecule has 1 unspecified atom stereocenters. The first-order valence-electron chi connectivity index (χ1n) is 19.6. The number of hydrogen-bond donors (Lipinski definition) is 0. The molecule has 0 aliphatic heterocycles. The van der Waals surface area contributed by atoms with E-state index < -0.39 is 32.5 Å². The van der Waals surface area contributed by atoms with Gasteiger partial charge < -0.3 is 27.9 Å². The highest BCUT2D eigenvalue weighted by Crippen LogP contribution is 2.38. The van der Waals surface area contributed by atoms with E-state index in [9.17, 15) is 19.0 Å². The number of esters is 2. The number of unbranched alkanes of at least 4 members (excludes halogenated alkanes) is 18. The molecule has 0 radical (unpaired) electrons. The molecule has 0 bridgehead atoms. The summed E-state index contributed by atoms with van der Waals surface area (Å²) in [6.45, 7) is 4.16. The lowest BCUT2D eigenvalue weighted by molar-refractivity contribution is -0.870. The van der Waals surface area contributed by atoms with Crippen molar-refractivity contribution in [3.05, 3.63) is 24.3 Å². The van der Waals surface area contributed by atoms with Crippen LogP contribution >= 0.6 is 7.82 Å². The lowest BCUT2D eigenvalue weighted by Gasteiger charge is -2.28. The topological polar surface area (TPSA) is 111 Å². The second-order valence-electron chi connectivity index (χ2n) is 14.3. The van der Waals surface area contributed by atoms with Gasteiger partial charge in [-0.05, 0) is 38.5 Å². The van der Waals surface area contributed by atoms with Crippen LogP contribution in [0.3, 0.4) is 0 Å². The minimum Gasteiger partial charge on any atom is -0.756 e. The summed E-state index contributed by atoms with van der Waals surface area (Å²) in [5.74, 6) is -0.853. The van der Waals surface area contributed by atoms with E-state index in [1.165, 1.54) is 64.2 Å². The third-order valence-electron chi connectivity index (χ3n) is 8.25. The lowest BCUT2D eigenvalue weighted by Crippen LogP contribution is -2.37. The maximum Gasteiger partial charge on any atom is 0.306 e. The molecule has 0 spiro atoms. The van der Waals surface area contributed by atoms with Crippen molar-refractivity contribution >= 4 is 19.8 Å². The fourth-order valence-electron chi connectivity index (χ4n) is 5.11. The van der Waals surface area contributed by atoms with Gasteiger partial charge in [-0.25, -0.2) is 0 Å². The van der Waals surface area contributed by atoms with Crippen molar-refractivity contribution in [2.24, 2.45) is 0 Å². The van der Waals surface area contributed by atoms with Gasteiger partial charge in [0.2, 0.25) is 0 Å². The normalized spacial score (nSPS) is 14.0. The Labute approximate surface area is 300 Å². The Morgan fingerprint density at radius 2 is 1.08 bits per heavy atom. The maximum atomic E-state index is 12.6. The number of allylic oxidation sites excluding steroid dienone is 4. The molecule has 0 N–H and O–H groups in total. The van der Waals surface area contributed by atoms with Crippen LogP contribution in [0, 0.1) is 0 Å². The van der Waals surface area contributed by atoms with Crippen molar-refractivity contribution < 1.29 is 42.1 Å². The number of likely N-dealkylation sites (N-methyl/N-ethyl adjacent to an activating group) is 1. The Hall–Kier alpha value is -1.51. The quantitative estimate of drug-likeness (QED) is 0.0210. The van der Waals surface area contributed by atoms with E-state index in [1.54, 1.807) is 0 Å². The van der Waals surface area contributed by atoms with E-state index in [0.717, 1.165) is 57.8 Å². The highest BCUT2D eigenvalue weighted by atomic mass is 31.2. The molecule has 0 heterocycles. The fourth-order valence-corrected chi connectivity index (χ4v) is 5.84. The molecule has 0 aliphatic rings. The molecule has 0 saturated carbocycles. The summed E-state index contributed by atoms with van der Waals surface area (Å²) in [5, 5.41) is 0. The van der Waals surface area contributed by atoms with E-state index in [4.69, 9.17) is 18.5 Å². The summed E-state index contributed by atoms with van der Waals surface area (Å²) in [4.78, 5) is 37.3. The average Bonchev–Trinajstić information content (AvgIpc) is 3.04. The first-order chi connectivity index (χ1) is 23.5. The van der Waals surface area contributed by atoms with Gasteiger partial charge in [0.15, 0.2) is 6.10 Å². The van der Waals surface area contributed by atoms with Gasteiger partial charge in [-0.15, -0.1) is 0 Å². The number of rotatable bonds is 35. The van der Waals surface area contributed by atoms with Crippen molar-refractivity contribution in [2.45, 2.75) is 168 Å². The van der Waals surface area contributed by atoms with Crippen molar-refractivity contribution in [1.82, 2.24) is 0 Å². The van der Waals surface area contributed by atoms with Crippen LogP contribution in [0.2, 0.25) is 0 Å². The zero-order valence-corrected chi connectivity index (χ0v) is 33.0. The minimum absolute atomic E-state index is 0.0320.